The van der Waals surface area contributed by atoms with Crippen LogP contribution >= 0.6 is 11.6 Å². The van der Waals surface area contributed by atoms with E-state index in [1.807, 2.05) is 54.6 Å². The van der Waals surface area contributed by atoms with E-state index in [1.165, 1.54) is 12.0 Å². The van der Waals surface area contributed by atoms with Gasteiger partial charge in [-0.25, -0.2) is 0 Å². The molecule has 1 aliphatic rings. The SMILES string of the molecule is CC(C)c1ccc(CCC(=O)N(Cc2ccc(Cl)cc2)[C@H](Cc2ccccc2)C(=O)NC2CCCCC2)cc1. The third-order valence-electron chi connectivity index (χ3n) is 7.76. The number of halogens is 1. The summed E-state index contributed by atoms with van der Waals surface area (Å²) >= 11 is 6.14. The van der Waals surface area contributed by atoms with Crippen LogP contribution in [0.1, 0.15) is 80.5 Å². The molecule has 2 amide bonds. The van der Waals surface area contributed by atoms with Crippen molar-refractivity contribution in [2.75, 3.05) is 0 Å². The second-order valence-electron chi connectivity index (χ2n) is 11.1. The van der Waals surface area contributed by atoms with Crippen molar-refractivity contribution < 1.29 is 9.59 Å². The highest BCUT2D eigenvalue weighted by Gasteiger charge is 2.31. The number of nitrogens with zero attached hydrogens (tertiary/aromatic N) is 1. The number of amides is 2. The zero-order valence-corrected chi connectivity index (χ0v) is 24.0. The quantitative estimate of drug-likeness (QED) is 0.272. The van der Waals surface area contributed by atoms with Crippen LogP contribution in [0.5, 0.6) is 0 Å². The fourth-order valence-corrected chi connectivity index (χ4v) is 5.47. The molecule has 0 radical (unpaired) electrons. The third-order valence-corrected chi connectivity index (χ3v) is 8.01. The van der Waals surface area contributed by atoms with Crippen LogP contribution in [0, 0.1) is 0 Å². The smallest absolute Gasteiger partial charge is 0.243 e. The minimum atomic E-state index is -0.596. The van der Waals surface area contributed by atoms with Gasteiger partial charge in [0, 0.05) is 30.5 Å². The summed E-state index contributed by atoms with van der Waals surface area (Å²) in [6.45, 7) is 4.72. The van der Waals surface area contributed by atoms with Crippen LogP contribution in [0.4, 0.5) is 0 Å². The Morgan fingerprint density at radius 1 is 0.846 bits per heavy atom. The summed E-state index contributed by atoms with van der Waals surface area (Å²) in [4.78, 5) is 29.6. The summed E-state index contributed by atoms with van der Waals surface area (Å²) in [5.41, 5.74) is 4.42. The van der Waals surface area contributed by atoms with Crippen molar-refractivity contribution in [1.29, 1.82) is 0 Å². The van der Waals surface area contributed by atoms with Crippen molar-refractivity contribution in [2.24, 2.45) is 0 Å². The lowest BCUT2D eigenvalue weighted by Crippen LogP contribution is -2.52. The van der Waals surface area contributed by atoms with E-state index in [9.17, 15) is 9.59 Å². The number of nitrogens with one attached hydrogen (secondary N) is 1. The molecule has 1 fully saturated rings. The molecule has 4 rings (SSSR count). The van der Waals surface area contributed by atoms with Gasteiger partial charge in [-0.05, 0) is 59.6 Å². The molecule has 0 bridgehead atoms. The number of carbonyl (C=O) groups is 2. The zero-order chi connectivity index (χ0) is 27.6. The maximum absolute atomic E-state index is 13.9. The fraction of sp³-hybridized carbons (Fsp3) is 0.412. The van der Waals surface area contributed by atoms with Crippen LogP contribution in [0.2, 0.25) is 5.02 Å². The third kappa shape index (κ3) is 8.69. The van der Waals surface area contributed by atoms with E-state index in [4.69, 9.17) is 11.6 Å². The number of benzene rings is 3. The van der Waals surface area contributed by atoms with Gasteiger partial charge in [0.05, 0.1) is 0 Å². The van der Waals surface area contributed by atoms with Crippen LogP contribution in [-0.4, -0.2) is 28.8 Å². The van der Waals surface area contributed by atoms with Gasteiger partial charge in [0.2, 0.25) is 11.8 Å². The van der Waals surface area contributed by atoms with Gasteiger partial charge in [-0.15, -0.1) is 0 Å². The average molecular weight is 545 g/mol. The normalized spacial score (nSPS) is 14.7. The molecule has 0 aliphatic heterocycles. The summed E-state index contributed by atoms with van der Waals surface area (Å²) in [6, 6.07) is 25.6. The average Bonchev–Trinajstić information content (AvgIpc) is 2.96. The molecule has 0 unspecified atom stereocenters. The minimum absolute atomic E-state index is 0.0161. The summed E-state index contributed by atoms with van der Waals surface area (Å²) in [5.74, 6) is 0.393. The molecule has 1 N–H and O–H groups in total. The first-order valence-corrected chi connectivity index (χ1v) is 14.7. The van der Waals surface area contributed by atoms with Gasteiger partial charge in [-0.3, -0.25) is 9.59 Å². The van der Waals surface area contributed by atoms with Crippen molar-refractivity contribution in [1.82, 2.24) is 10.2 Å². The molecule has 0 saturated heterocycles. The molecule has 0 spiro atoms. The van der Waals surface area contributed by atoms with E-state index >= 15 is 0 Å². The predicted molar refractivity (Wildman–Crippen MR) is 160 cm³/mol. The van der Waals surface area contributed by atoms with Crippen molar-refractivity contribution in [3.8, 4) is 0 Å². The van der Waals surface area contributed by atoms with Crippen LogP contribution in [0.3, 0.4) is 0 Å². The molecule has 0 heterocycles. The Bertz CT molecular complexity index is 1190. The highest BCUT2D eigenvalue weighted by molar-refractivity contribution is 6.30. The van der Waals surface area contributed by atoms with Crippen LogP contribution in [-0.2, 0) is 29.0 Å². The molecular weight excluding hydrogens is 504 g/mol. The van der Waals surface area contributed by atoms with Crippen LogP contribution in [0.25, 0.3) is 0 Å². The molecule has 1 aliphatic carbocycles. The number of carbonyl (C=O) groups excluding carboxylic acids is 2. The number of aryl methyl sites for hydroxylation is 1. The topological polar surface area (TPSA) is 49.4 Å². The summed E-state index contributed by atoms with van der Waals surface area (Å²) in [6.07, 6.45) is 6.95. The lowest BCUT2D eigenvalue weighted by atomic mass is 9.94. The standard InChI is InChI=1S/C34H41ClN2O2/c1-25(2)29-18-13-26(14-19-29)17-22-33(38)37(24-28-15-20-30(35)21-16-28)32(23-27-9-5-3-6-10-27)34(39)36-31-11-7-4-8-12-31/h3,5-6,9-10,13-16,18-21,25,31-32H,4,7-8,11-12,17,22-24H2,1-2H3,(H,36,39)/t32-/m1/s1. The monoisotopic (exact) mass is 544 g/mol. The lowest BCUT2D eigenvalue weighted by Gasteiger charge is -2.33. The molecule has 1 saturated carbocycles. The maximum Gasteiger partial charge on any atom is 0.243 e. The van der Waals surface area contributed by atoms with E-state index < -0.39 is 6.04 Å². The van der Waals surface area contributed by atoms with E-state index in [0.29, 0.717) is 36.7 Å². The highest BCUT2D eigenvalue weighted by Crippen LogP contribution is 2.22. The van der Waals surface area contributed by atoms with Gasteiger partial charge in [0.1, 0.15) is 6.04 Å². The minimum Gasteiger partial charge on any atom is -0.352 e. The van der Waals surface area contributed by atoms with Crippen molar-refractivity contribution >= 4 is 23.4 Å². The fourth-order valence-electron chi connectivity index (χ4n) is 5.35. The molecule has 39 heavy (non-hydrogen) atoms. The number of rotatable bonds is 11. The van der Waals surface area contributed by atoms with Gasteiger partial charge < -0.3 is 10.2 Å². The molecule has 1 atom stereocenters. The summed E-state index contributed by atoms with van der Waals surface area (Å²) < 4.78 is 0. The van der Waals surface area contributed by atoms with E-state index in [-0.39, 0.29) is 17.9 Å². The van der Waals surface area contributed by atoms with Crippen LogP contribution in [0.15, 0.2) is 78.9 Å². The molecule has 206 valence electrons. The molecule has 5 heteroatoms. The first-order valence-electron chi connectivity index (χ1n) is 14.4. The Balaban J connectivity index is 1.58. The first kappa shape index (κ1) is 28.9. The zero-order valence-electron chi connectivity index (χ0n) is 23.2. The Morgan fingerprint density at radius 2 is 1.49 bits per heavy atom. The van der Waals surface area contributed by atoms with Gasteiger partial charge >= 0.3 is 0 Å². The Morgan fingerprint density at radius 3 is 2.13 bits per heavy atom. The Labute approximate surface area is 238 Å². The Hall–Kier alpha value is -3.11. The maximum atomic E-state index is 13.9. The molecular formula is C34H41ClN2O2. The van der Waals surface area contributed by atoms with Gasteiger partial charge in [-0.1, -0.05) is 111 Å². The van der Waals surface area contributed by atoms with E-state index in [0.717, 1.165) is 42.4 Å². The van der Waals surface area contributed by atoms with Crippen molar-refractivity contribution in [3.63, 3.8) is 0 Å². The largest absolute Gasteiger partial charge is 0.352 e. The Kier molecular flexibility index (Phi) is 10.6. The second-order valence-corrected chi connectivity index (χ2v) is 11.5. The van der Waals surface area contributed by atoms with Gasteiger partial charge in [0.25, 0.3) is 0 Å². The van der Waals surface area contributed by atoms with Crippen molar-refractivity contribution in [2.45, 2.75) is 89.8 Å². The summed E-state index contributed by atoms with van der Waals surface area (Å²) in [5, 5.41) is 3.96. The number of hydrogen-bond donors (Lipinski definition) is 1. The van der Waals surface area contributed by atoms with Crippen LogP contribution < -0.4 is 5.32 Å². The highest BCUT2D eigenvalue weighted by atomic mass is 35.5. The molecule has 0 aromatic heterocycles. The van der Waals surface area contributed by atoms with Gasteiger partial charge in [0.15, 0.2) is 0 Å². The molecule has 3 aromatic rings. The second kappa shape index (κ2) is 14.3. The predicted octanol–water partition coefficient (Wildman–Crippen LogP) is 7.49. The first-order chi connectivity index (χ1) is 18.9. The van der Waals surface area contributed by atoms with Crippen molar-refractivity contribution in [3.05, 3.63) is 106 Å². The van der Waals surface area contributed by atoms with E-state index in [1.54, 1.807) is 4.90 Å². The number of hydrogen-bond acceptors (Lipinski definition) is 2. The molecule has 3 aromatic carbocycles. The lowest BCUT2D eigenvalue weighted by molar-refractivity contribution is -0.141. The van der Waals surface area contributed by atoms with E-state index in [2.05, 4.69) is 43.4 Å². The van der Waals surface area contributed by atoms with Gasteiger partial charge in [-0.2, -0.15) is 0 Å². The summed E-state index contributed by atoms with van der Waals surface area (Å²) in [7, 11) is 0. The molecule has 4 nitrogen and oxygen atoms in total.